The van der Waals surface area contributed by atoms with Crippen LogP contribution in [0.5, 0.6) is 0 Å². The minimum Gasteiger partial charge on any atom is -0.396 e. The number of carbonyl (C=O) groups is 2. The first-order chi connectivity index (χ1) is 8.91. The van der Waals surface area contributed by atoms with Gasteiger partial charge in [-0.05, 0) is 18.3 Å². The van der Waals surface area contributed by atoms with Gasteiger partial charge in [-0.15, -0.1) is 6.58 Å². The summed E-state index contributed by atoms with van der Waals surface area (Å²) in [5, 5.41) is 14.5. The highest BCUT2D eigenvalue weighted by atomic mass is 16.3. The molecular weight excluding hydrogens is 244 g/mol. The zero-order valence-electron chi connectivity index (χ0n) is 12.0. The number of allylic oxidation sites excluding steroid dienone is 1. The molecule has 0 heterocycles. The first-order valence-corrected chi connectivity index (χ1v) is 6.66. The average Bonchev–Trinajstić information content (AvgIpc) is 2.34. The van der Waals surface area contributed by atoms with Gasteiger partial charge in [0, 0.05) is 32.5 Å². The van der Waals surface area contributed by atoms with E-state index in [4.69, 9.17) is 5.11 Å². The van der Waals surface area contributed by atoms with Gasteiger partial charge in [-0.3, -0.25) is 9.59 Å². The zero-order chi connectivity index (χ0) is 14.7. The van der Waals surface area contributed by atoms with E-state index in [1.165, 1.54) is 0 Å². The van der Waals surface area contributed by atoms with Gasteiger partial charge in [-0.2, -0.15) is 0 Å². The summed E-state index contributed by atoms with van der Waals surface area (Å²) in [4.78, 5) is 22.9. The number of unbranched alkanes of at least 4 members (excludes halogenated alkanes) is 1. The van der Waals surface area contributed by atoms with Gasteiger partial charge in [-0.1, -0.05) is 19.9 Å². The lowest BCUT2D eigenvalue weighted by Crippen LogP contribution is -2.36. The topological polar surface area (TPSA) is 78.4 Å². The molecule has 0 atom stereocenters. The summed E-state index contributed by atoms with van der Waals surface area (Å²) in [5.74, 6) is -0.119. The Morgan fingerprint density at radius 3 is 2.32 bits per heavy atom. The summed E-state index contributed by atoms with van der Waals surface area (Å²) in [6.07, 6.45) is 4.18. The van der Waals surface area contributed by atoms with Gasteiger partial charge in [0.15, 0.2) is 0 Å². The summed E-state index contributed by atoms with van der Waals surface area (Å²) in [6, 6.07) is 0. The molecule has 0 fully saturated rings. The van der Waals surface area contributed by atoms with Crippen molar-refractivity contribution < 1.29 is 14.7 Å². The summed E-state index contributed by atoms with van der Waals surface area (Å²) in [6.45, 7) is 8.06. The largest absolute Gasteiger partial charge is 0.396 e. The Morgan fingerprint density at radius 2 is 1.79 bits per heavy atom. The van der Waals surface area contributed by atoms with Crippen molar-refractivity contribution in [3.63, 3.8) is 0 Å². The Balaban J connectivity index is 3.61. The second-order valence-electron chi connectivity index (χ2n) is 5.38. The second-order valence-corrected chi connectivity index (χ2v) is 5.38. The molecule has 0 aliphatic carbocycles. The van der Waals surface area contributed by atoms with Crippen LogP contribution in [-0.4, -0.2) is 36.6 Å². The van der Waals surface area contributed by atoms with Crippen molar-refractivity contribution in [2.75, 3.05) is 19.7 Å². The minimum atomic E-state index is -0.405. The molecule has 0 aliphatic rings. The number of rotatable bonds is 10. The molecule has 0 rings (SSSR count). The molecule has 0 aromatic carbocycles. The van der Waals surface area contributed by atoms with Crippen LogP contribution < -0.4 is 10.6 Å². The lowest BCUT2D eigenvalue weighted by atomic mass is 9.90. The molecule has 0 spiro atoms. The summed E-state index contributed by atoms with van der Waals surface area (Å²) in [7, 11) is 0. The molecule has 5 heteroatoms. The molecule has 0 aromatic heterocycles. The Bertz CT molecular complexity index is 301. The van der Waals surface area contributed by atoms with E-state index < -0.39 is 5.41 Å². The quantitative estimate of drug-likeness (QED) is 0.409. The monoisotopic (exact) mass is 270 g/mol. The maximum Gasteiger partial charge on any atom is 0.220 e. The van der Waals surface area contributed by atoms with Crippen molar-refractivity contribution in [2.45, 2.75) is 39.5 Å². The summed E-state index contributed by atoms with van der Waals surface area (Å²) >= 11 is 0. The van der Waals surface area contributed by atoms with Gasteiger partial charge in [0.2, 0.25) is 11.8 Å². The average molecular weight is 270 g/mol. The van der Waals surface area contributed by atoms with E-state index in [1.807, 2.05) is 13.8 Å². The van der Waals surface area contributed by atoms with Crippen molar-refractivity contribution in [1.29, 1.82) is 0 Å². The molecular formula is C14H26N2O3. The number of aliphatic hydroxyl groups is 1. The number of aliphatic hydroxyl groups excluding tert-OH is 1. The fraction of sp³-hybridized carbons (Fsp3) is 0.714. The summed E-state index contributed by atoms with van der Waals surface area (Å²) in [5.41, 5.74) is -0.405. The van der Waals surface area contributed by atoms with E-state index in [9.17, 15) is 9.59 Å². The van der Waals surface area contributed by atoms with Crippen molar-refractivity contribution in [3.05, 3.63) is 12.7 Å². The van der Waals surface area contributed by atoms with E-state index in [1.54, 1.807) is 6.08 Å². The van der Waals surface area contributed by atoms with Crippen LogP contribution in [0.3, 0.4) is 0 Å². The van der Waals surface area contributed by atoms with Crippen LogP contribution in [0.2, 0.25) is 0 Å². The van der Waals surface area contributed by atoms with E-state index in [2.05, 4.69) is 17.2 Å². The maximum absolute atomic E-state index is 11.5. The number of carbonyl (C=O) groups excluding carboxylic acids is 2. The summed E-state index contributed by atoms with van der Waals surface area (Å²) < 4.78 is 0. The molecule has 0 radical (unpaired) electrons. The van der Waals surface area contributed by atoms with E-state index in [0.717, 1.165) is 12.8 Å². The number of amides is 2. The molecule has 0 aliphatic heterocycles. The van der Waals surface area contributed by atoms with Gasteiger partial charge in [0.25, 0.3) is 0 Å². The van der Waals surface area contributed by atoms with Gasteiger partial charge >= 0.3 is 0 Å². The fourth-order valence-electron chi connectivity index (χ4n) is 1.45. The van der Waals surface area contributed by atoms with Crippen molar-refractivity contribution in [1.82, 2.24) is 10.6 Å². The van der Waals surface area contributed by atoms with E-state index in [-0.39, 0.29) is 24.8 Å². The third-order valence-corrected chi connectivity index (χ3v) is 2.65. The molecule has 3 N–H and O–H groups in total. The molecule has 0 aromatic rings. The highest BCUT2D eigenvalue weighted by molar-refractivity contribution is 5.77. The Kier molecular flexibility index (Phi) is 8.87. The normalized spacial score (nSPS) is 10.9. The molecule has 0 saturated heterocycles. The van der Waals surface area contributed by atoms with Crippen LogP contribution >= 0.6 is 0 Å². The number of nitrogens with one attached hydrogen (secondary N) is 2. The number of hydrogen-bond donors (Lipinski definition) is 3. The van der Waals surface area contributed by atoms with Gasteiger partial charge in [-0.25, -0.2) is 0 Å². The lowest BCUT2D eigenvalue weighted by molar-refractivity contribution is -0.124. The van der Waals surface area contributed by atoms with Crippen LogP contribution in [0.15, 0.2) is 12.7 Å². The highest BCUT2D eigenvalue weighted by Gasteiger charge is 2.20. The molecule has 0 unspecified atom stereocenters. The fourth-order valence-corrected chi connectivity index (χ4v) is 1.45. The SMILES string of the molecule is C=CCCCC(=O)NCCNC(=O)CC(C)(C)CO. The lowest BCUT2D eigenvalue weighted by Gasteiger charge is -2.20. The maximum atomic E-state index is 11.5. The predicted molar refractivity (Wildman–Crippen MR) is 75.6 cm³/mol. The second kappa shape index (κ2) is 9.55. The van der Waals surface area contributed by atoms with Crippen LogP contribution in [-0.2, 0) is 9.59 Å². The molecule has 5 nitrogen and oxygen atoms in total. The predicted octanol–water partition coefficient (Wildman–Crippen LogP) is 0.984. The van der Waals surface area contributed by atoms with Crippen molar-refractivity contribution in [3.8, 4) is 0 Å². The Labute approximate surface area is 115 Å². The van der Waals surface area contributed by atoms with Crippen LogP contribution in [0.1, 0.15) is 39.5 Å². The van der Waals surface area contributed by atoms with Gasteiger partial charge in [0.05, 0.1) is 0 Å². The molecule has 0 saturated carbocycles. The van der Waals surface area contributed by atoms with E-state index >= 15 is 0 Å². The van der Waals surface area contributed by atoms with Gasteiger partial charge < -0.3 is 15.7 Å². The van der Waals surface area contributed by atoms with Crippen LogP contribution in [0.4, 0.5) is 0 Å². The Hall–Kier alpha value is -1.36. The zero-order valence-corrected chi connectivity index (χ0v) is 12.0. The van der Waals surface area contributed by atoms with Gasteiger partial charge in [0.1, 0.15) is 0 Å². The highest BCUT2D eigenvalue weighted by Crippen LogP contribution is 2.18. The number of hydrogen-bond acceptors (Lipinski definition) is 3. The third-order valence-electron chi connectivity index (χ3n) is 2.65. The first kappa shape index (κ1) is 17.6. The van der Waals surface area contributed by atoms with Crippen molar-refractivity contribution >= 4 is 11.8 Å². The Morgan fingerprint density at radius 1 is 1.21 bits per heavy atom. The smallest absolute Gasteiger partial charge is 0.220 e. The molecule has 110 valence electrons. The molecule has 0 bridgehead atoms. The molecule has 2 amide bonds. The third kappa shape index (κ3) is 10.3. The van der Waals surface area contributed by atoms with Crippen LogP contribution in [0, 0.1) is 5.41 Å². The van der Waals surface area contributed by atoms with Crippen LogP contribution in [0.25, 0.3) is 0 Å². The minimum absolute atomic E-state index is 0.00760. The van der Waals surface area contributed by atoms with E-state index in [0.29, 0.717) is 19.5 Å². The van der Waals surface area contributed by atoms with Crippen molar-refractivity contribution in [2.24, 2.45) is 5.41 Å². The first-order valence-electron chi connectivity index (χ1n) is 6.66. The molecule has 19 heavy (non-hydrogen) atoms. The standard InChI is InChI=1S/C14H26N2O3/c1-4-5-6-7-12(18)15-8-9-16-13(19)10-14(2,3)11-17/h4,17H,1,5-11H2,2-3H3,(H,15,18)(H,16,19).